The predicted octanol–water partition coefficient (Wildman–Crippen LogP) is 3.33. The lowest BCUT2D eigenvalue weighted by Gasteiger charge is -2.36. The number of nitro groups is 1. The first-order chi connectivity index (χ1) is 14.0. The second kappa shape index (κ2) is 9.67. The molecule has 0 atom stereocenters. The van der Waals surface area contributed by atoms with Gasteiger partial charge < -0.3 is 10.2 Å². The topological polar surface area (TPSA) is 78.7 Å². The normalized spacial score (nSPS) is 14.6. The van der Waals surface area contributed by atoms with E-state index in [0.717, 1.165) is 39.1 Å². The average molecular weight is 421 g/mol. The Balaban J connectivity index is 1.40. The fraction of sp³-hybridized carbons (Fsp3) is 0.350. The van der Waals surface area contributed by atoms with Gasteiger partial charge in [-0.15, -0.1) is 0 Å². The van der Waals surface area contributed by atoms with Gasteiger partial charge in [0.05, 0.1) is 10.6 Å². The van der Waals surface area contributed by atoms with Crippen molar-refractivity contribution in [3.05, 3.63) is 69.0 Å². The monoisotopic (exact) mass is 420 g/mol. The van der Waals surface area contributed by atoms with Gasteiger partial charge in [-0.3, -0.25) is 19.8 Å². The minimum absolute atomic E-state index is 0.000997. The number of carbonyl (C=O) groups excluding carboxylic acids is 1. The number of hydrogen-bond acceptors (Lipinski definition) is 5. The highest BCUT2D eigenvalue weighted by molar-refractivity contribution is 6.32. The lowest BCUT2D eigenvalue weighted by molar-refractivity contribution is -0.384. The Kier molecular flexibility index (Phi) is 7.00. The highest BCUT2D eigenvalue weighted by Gasteiger charge is 2.19. The Morgan fingerprint density at radius 1 is 1.17 bits per heavy atom. The molecule has 0 radical (unpaired) electrons. The first-order valence-corrected chi connectivity index (χ1v) is 9.77. The zero-order valence-corrected chi connectivity index (χ0v) is 16.6. The molecule has 0 saturated carbocycles. The number of nitro benzene ring substituents is 1. The van der Waals surface area contributed by atoms with Crippen LogP contribution >= 0.6 is 11.6 Å². The summed E-state index contributed by atoms with van der Waals surface area (Å²) in [7, 11) is 0. The van der Waals surface area contributed by atoms with E-state index in [1.807, 2.05) is 11.0 Å². The van der Waals surface area contributed by atoms with Crippen LogP contribution in [0.2, 0.25) is 5.02 Å². The molecule has 2 aromatic rings. The van der Waals surface area contributed by atoms with Crippen LogP contribution in [-0.2, 0) is 0 Å². The number of piperazine rings is 1. The van der Waals surface area contributed by atoms with Crippen LogP contribution < -0.4 is 10.2 Å². The molecule has 3 rings (SSSR count). The van der Waals surface area contributed by atoms with Gasteiger partial charge in [0.15, 0.2) is 0 Å². The van der Waals surface area contributed by atoms with Crippen molar-refractivity contribution in [2.75, 3.05) is 44.2 Å². The maximum absolute atomic E-state index is 13.9. The number of hydrogen-bond donors (Lipinski definition) is 1. The Morgan fingerprint density at radius 3 is 2.59 bits per heavy atom. The van der Waals surface area contributed by atoms with E-state index < -0.39 is 4.92 Å². The van der Waals surface area contributed by atoms with E-state index in [4.69, 9.17) is 11.6 Å². The molecular formula is C20H22ClFN4O3. The molecule has 1 amide bonds. The van der Waals surface area contributed by atoms with Crippen molar-refractivity contribution in [1.82, 2.24) is 10.2 Å². The number of rotatable bonds is 7. The first-order valence-electron chi connectivity index (χ1n) is 9.39. The molecule has 29 heavy (non-hydrogen) atoms. The lowest BCUT2D eigenvalue weighted by Crippen LogP contribution is -2.47. The molecule has 1 N–H and O–H groups in total. The van der Waals surface area contributed by atoms with Gasteiger partial charge in [-0.25, -0.2) is 4.39 Å². The third kappa shape index (κ3) is 5.42. The molecule has 1 fully saturated rings. The number of amides is 1. The van der Waals surface area contributed by atoms with Crippen molar-refractivity contribution in [2.45, 2.75) is 6.42 Å². The number of carbonyl (C=O) groups is 1. The van der Waals surface area contributed by atoms with Gasteiger partial charge >= 0.3 is 0 Å². The quantitative estimate of drug-likeness (QED) is 0.422. The molecule has 0 aromatic heterocycles. The molecule has 154 valence electrons. The molecule has 2 aromatic carbocycles. The summed E-state index contributed by atoms with van der Waals surface area (Å²) in [5, 5.41) is 13.7. The summed E-state index contributed by atoms with van der Waals surface area (Å²) in [6, 6.07) is 10.8. The smallest absolute Gasteiger partial charge is 0.288 e. The maximum atomic E-state index is 13.9. The number of benzene rings is 2. The van der Waals surface area contributed by atoms with Crippen LogP contribution in [0, 0.1) is 15.9 Å². The standard InChI is InChI=1S/C20H22ClFN4O3/c21-16-7-6-15(14-19(16)26(28)29)20(27)23-8-3-9-24-10-12-25(13-11-24)18-5-2-1-4-17(18)22/h1-2,4-7,14H,3,8-13H2,(H,23,27). The van der Waals surface area contributed by atoms with E-state index >= 15 is 0 Å². The minimum Gasteiger partial charge on any atom is -0.367 e. The molecule has 0 bridgehead atoms. The fourth-order valence-electron chi connectivity index (χ4n) is 3.32. The van der Waals surface area contributed by atoms with E-state index in [9.17, 15) is 19.3 Å². The van der Waals surface area contributed by atoms with Gasteiger partial charge in [0.1, 0.15) is 10.8 Å². The highest BCUT2D eigenvalue weighted by Crippen LogP contribution is 2.25. The highest BCUT2D eigenvalue weighted by atomic mass is 35.5. The molecular weight excluding hydrogens is 399 g/mol. The number of nitrogens with one attached hydrogen (secondary N) is 1. The van der Waals surface area contributed by atoms with Crippen LogP contribution in [0.5, 0.6) is 0 Å². The molecule has 1 heterocycles. The number of anilines is 1. The summed E-state index contributed by atoms with van der Waals surface area (Å²) in [4.78, 5) is 26.8. The van der Waals surface area contributed by atoms with Crippen molar-refractivity contribution in [2.24, 2.45) is 0 Å². The molecule has 0 aliphatic carbocycles. The summed E-state index contributed by atoms with van der Waals surface area (Å²) < 4.78 is 13.9. The minimum atomic E-state index is -0.611. The van der Waals surface area contributed by atoms with Crippen molar-refractivity contribution in [1.29, 1.82) is 0 Å². The third-order valence-electron chi connectivity index (χ3n) is 4.91. The summed E-state index contributed by atoms with van der Waals surface area (Å²) in [5.41, 5.74) is 0.558. The number of para-hydroxylation sites is 1. The molecule has 0 spiro atoms. The molecule has 7 nitrogen and oxygen atoms in total. The number of halogens is 2. The Bertz CT molecular complexity index is 888. The van der Waals surface area contributed by atoms with E-state index in [2.05, 4.69) is 10.2 Å². The van der Waals surface area contributed by atoms with Crippen molar-refractivity contribution < 1.29 is 14.1 Å². The Morgan fingerprint density at radius 2 is 1.90 bits per heavy atom. The average Bonchev–Trinajstić information content (AvgIpc) is 2.72. The van der Waals surface area contributed by atoms with Gasteiger partial charge in [-0.1, -0.05) is 23.7 Å². The summed E-state index contributed by atoms with van der Waals surface area (Å²) in [5.74, 6) is -0.569. The van der Waals surface area contributed by atoms with Crippen molar-refractivity contribution in [3.63, 3.8) is 0 Å². The molecule has 9 heteroatoms. The van der Waals surface area contributed by atoms with Gasteiger partial charge in [0.25, 0.3) is 11.6 Å². The van der Waals surface area contributed by atoms with Crippen LogP contribution in [-0.4, -0.2) is 55.0 Å². The zero-order chi connectivity index (χ0) is 20.8. The predicted molar refractivity (Wildman–Crippen MR) is 110 cm³/mol. The maximum Gasteiger partial charge on any atom is 0.288 e. The second-order valence-corrected chi connectivity index (χ2v) is 7.22. The van der Waals surface area contributed by atoms with Crippen LogP contribution in [0.25, 0.3) is 0 Å². The van der Waals surface area contributed by atoms with Gasteiger partial charge in [0, 0.05) is 44.4 Å². The number of nitrogens with zero attached hydrogens (tertiary/aromatic N) is 3. The Hall–Kier alpha value is -2.71. The van der Waals surface area contributed by atoms with Gasteiger partial charge in [-0.05, 0) is 37.2 Å². The lowest BCUT2D eigenvalue weighted by atomic mass is 10.2. The van der Waals surface area contributed by atoms with Crippen molar-refractivity contribution in [3.8, 4) is 0 Å². The second-order valence-electron chi connectivity index (χ2n) is 6.81. The zero-order valence-electron chi connectivity index (χ0n) is 15.8. The third-order valence-corrected chi connectivity index (χ3v) is 5.23. The summed E-state index contributed by atoms with van der Waals surface area (Å²) in [6.45, 7) is 4.43. The first kappa shape index (κ1) is 21.0. The molecule has 1 aliphatic heterocycles. The summed E-state index contributed by atoms with van der Waals surface area (Å²) in [6.07, 6.45) is 0.751. The summed E-state index contributed by atoms with van der Waals surface area (Å²) >= 11 is 5.76. The van der Waals surface area contributed by atoms with E-state index in [1.165, 1.54) is 24.3 Å². The SMILES string of the molecule is O=C(NCCCN1CCN(c2ccccc2F)CC1)c1ccc(Cl)c([N+](=O)[O-])c1. The van der Waals surface area contributed by atoms with Gasteiger partial charge in [0.2, 0.25) is 0 Å². The van der Waals surface area contributed by atoms with Gasteiger partial charge in [-0.2, -0.15) is 0 Å². The Labute approximate surface area is 173 Å². The van der Waals surface area contributed by atoms with Crippen LogP contribution in [0.4, 0.5) is 15.8 Å². The molecule has 1 aliphatic rings. The fourth-order valence-corrected chi connectivity index (χ4v) is 3.51. The van der Waals surface area contributed by atoms with E-state index in [-0.39, 0.29) is 28.0 Å². The van der Waals surface area contributed by atoms with Crippen molar-refractivity contribution >= 4 is 28.9 Å². The van der Waals surface area contributed by atoms with Crippen LogP contribution in [0.15, 0.2) is 42.5 Å². The van der Waals surface area contributed by atoms with Crippen LogP contribution in [0.1, 0.15) is 16.8 Å². The van der Waals surface area contributed by atoms with E-state index in [0.29, 0.717) is 12.2 Å². The largest absolute Gasteiger partial charge is 0.367 e. The van der Waals surface area contributed by atoms with E-state index in [1.54, 1.807) is 12.1 Å². The molecule has 1 saturated heterocycles. The van der Waals surface area contributed by atoms with Crippen LogP contribution in [0.3, 0.4) is 0 Å². The molecule has 0 unspecified atom stereocenters.